The van der Waals surface area contributed by atoms with E-state index in [4.69, 9.17) is 0 Å². The molecule has 0 saturated heterocycles. The van der Waals surface area contributed by atoms with Crippen LogP contribution in [0.4, 0.5) is 10.1 Å². The summed E-state index contributed by atoms with van der Waals surface area (Å²) in [6.07, 6.45) is 0.999. The summed E-state index contributed by atoms with van der Waals surface area (Å²) in [4.78, 5) is 13.6. The Morgan fingerprint density at radius 1 is 1.35 bits per heavy atom. The molecule has 0 spiro atoms. The molecule has 0 aliphatic heterocycles. The number of thiazole rings is 1. The lowest BCUT2D eigenvalue weighted by molar-refractivity contribution is -0.380. The third-order valence-corrected chi connectivity index (χ3v) is 5.88. The van der Waals surface area contributed by atoms with Crippen molar-refractivity contribution in [3.8, 4) is 0 Å². The van der Waals surface area contributed by atoms with Crippen molar-refractivity contribution in [2.24, 2.45) is 0 Å². The number of anilines is 1. The van der Waals surface area contributed by atoms with Gasteiger partial charge in [0.25, 0.3) is 10.0 Å². The van der Waals surface area contributed by atoms with Crippen LogP contribution in [-0.2, 0) is 10.0 Å². The molecule has 0 radical (unpaired) electrons. The fraction of sp³-hybridized carbons (Fsp3) is 0. The zero-order valence-corrected chi connectivity index (χ0v) is 14.2. The van der Waals surface area contributed by atoms with Gasteiger partial charge in [-0.3, -0.25) is 14.8 Å². The van der Waals surface area contributed by atoms with E-state index in [0.29, 0.717) is 20.3 Å². The first-order valence-corrected chi connectivity index (χ1v) is 8.76. The van der Waals surface area contributed by atoms with Crippen molar-refractivity contribution < 1.29 is 13.3 Å². The van der Waals surface area contributed by atoms with Crippen LogP contribution in [0.5, 0.6) is 0 Å². The van der Waals surface area contributed by atoms with Gasteiger partial charge in [-0.2, -0.15) is 0 Å². The number of rotatable bonds is 4. The molecule has 0 unspecified atom stereocenters. The van der Waals surface area contributed by atoms with E-state index >= 15 is 0 Å². The van der Waals surface area contributed by atoms with Crippen LogP contribution in [-0.4, -0.2) is 18.3 Å². The molecule has 7 nitrogen and oxygen atoms in total. The summed E-state index contributed by atoms with van der Waals surface area (Å²) in [6.45, 7) is 0. The van der Waals surface area contributed by atoms with E-state index in [2.05, 4.69) is 41.6 Å². The third kappa shape index (κ3) is 3.34. The van der Waals surface area contributed by atoms with Crippen molar-refractivity contribution in [2.45, 2.75) is 4.90 Å². The zero-order chi connectivity index (χ0) is 14.9. The first-order chi connectivity index (χ1) is 9.29. The van der Waals surface area contributed by atoms with Gasteiger partial charge in [-0.15, -0.1) is 0 Å². The first-order valence-electron chi connectivity index (χ1n) is 4.88. The molecule has 1 N–H and O–H groups in total. The molecule has 2 aromatic rings. The Bertz CT molecular complexity index is 775. The molecule has 0 amide bonds. The minimum atomic E-state index is -3.87. The lowest BCUT2D eigenvalue weighted by Gasteiger charge is -2.07. The fourth-order valence-corrected chi connectivity index (χ4v) is 4.88. The molecule has 20 heavy (non-hydrogen) atoms. The second-order valence-electron chi connectivity index (χ2n) is 3.44. The number of sulfonamides is 1. The van der Waals surface area contributed by atoms with Gasteiger partial charge in [0.15, 0.2) is 0 Å². The molecule has 0 atom stereocenters. The molecular weight excluding hydrogens is 438 g/mol. The summed E-state index contributed by atoms with van der Waals surface area (Å²) >= 11 is 7.02. The number of nitrogens with zero attached hydrogens (tertiary/aromatic N) is 2. The van der Waals surface area contributed by atoms with E-state index in [0.717, 1.165) is 6.20 Å². The SMILES string of the molecule is O=[N+]([O-])c1cnc(NS(=O)(=O)c2ccc(Br)cc2Br)s1. The number of hydrogen-bond donors (Lipinski definition) is 1. The number of benzene rings is 1. The number of nitro groups is 1. The monoisotopic (exact) mass is 441 g/mol. The van der Waals surface area contributed by atoms with Crippen molar-refractivity contribution in [1.82, 2.24) is 4.98 Å². The minimum absolute atomic E-state index is 0.0125. The molecular formula is C9H5Br2N3O4S2. The Kier molecular flexibility index (Phi) is 4.42. The predicted molar refractivity (Wildman–Crippen MR) is 81.4 cm³/mol. The molecule has 0 bridgehead atoms. The van der Waals surface area contributed by atoms with Gasteiger partial charge in [0.2, 0.25) is 5.13 Å². The maximum Gasteiger partial charge on any atom is 0.345 e. The zero-order valence-electron chi connectivity index (χ0n) is 9.41. The lowest BCUT2D eigenvalue weighted by atomic mass is 10.4. The van der Waals surface area contributed by atoms with Gasteiger partial charge >= 0.3 is 5.00 Å². The summed E-state index contributed by atoms with van der Waals surface area (Å²) < 4.78 is 27.6. The summed E-state index contributed by atoms with van der Waals surface area (Å²) in [7, 11) is -3.87. The van der Waals surface area contributed by atoms with Gasteiger partial charge in [0.05, 0.1) is 4.92 Å². The van der Waals surface area contributed by atoms with Gasteiger partial charge in [-0.25, -0.2) is 13.4 Å². The highest BCUT2D eigenvalue weighted by Gasteiger charge is 2.21. The van der Waals surface area contributed by atoms with E-state index in [1.54, 1.807) is 12.1 Å². The standard InChI is InChI=1S/C9H5Br2N3O4S2/c10-5-1-2-7(6(11)3-5)20(17,18)13-9-12-4-8(19-9)14(15)16/h1-4H,(H,12,13). The third-order valence-electron chi connectivity index (χ3n) is 2.08. The Balaban J connectivity index is 2.33. The molecule has 0 aliphatic carbocycles. The summed E-state index contributed by atoms with van der Waals surface area (Å²) in [5.41, 5.74) is 0. The van der Waals surface area contributed by atoms with Gasteiger partial charge in [0.1, 0.15) is 11.1 Å². The van der Waals surface area contributed by atoms with E-state index in [1.165, 1.54) is 6.07 Å². The molecule has 0 aliphatic rings. The molecule has 1 aromatic heterocycles. The first kappa shape index (κ1) is 15.4. The maximum atomic E-state index is 12.2. The van der Waals surface area contributed by atoms with E-state index in [1.807, 2.05) is 0 Å². The van der Waals surface area contributed by atoms with Crippen LogP contribution < -0.4 is 4.72 Å². The molecule has 11 heteroatoms. The van der Waals surface area contributed by atoms with E-state index in [-0.39, 0.29) is 15.0 Å². The summed E-state index contributed by atoms with van der Waals surface area (Å²) in [6, 6.07) is 4.56. The van der Waals surface area contributed by atoms with Gasteiger partial charge < -0.3 is 0 Å². The van der Waals surface area contributed by atoms with Gasteiger partial charge in [0, 0.05) is 8.95 Å². The minimum Gasteiger partial charge on any atom is -0.257 e. The summed E-state index contributed by atoms with van der Waals surface area (Å²) in [5, 5.41) is 10.2. The van der Waals surface area contributed by atoms with Gasteiger partial charge in [-0.1, -0.05) is 15.9 Å². The topological polar surface area (TPSA) is 102 Å². The second kappa shape index (κ2) is 5.76. The highest BCUT2D eigenvalue weighted by atomic mass is 79.9. The maximum absolute atomic E-state index is 12.2. The summed E-state index contributed by atoms with van der Waals surface area (Å²) in [5.74, 6) is 0. The molecule has 106 valence electrons. The Morgan fingerprint density at radius 3 is 2.60 bits per heavy atom. The Labute approximate surface area is 134 Å². The van der Waals surface area contributed by atoms with Gasteiger partial charge in [-0.05, 0) is 45.5 Å². The predicted octanol–water partition coefficient (Wildman–Crippen LogP) is 3.38. The molecule has 0 saturated carbocycles. The van der Waals surface area contributed by atoms with Crippen LogP contribution in [0.2, 0.25) is 0 Å². The second-order valence-corrected chi connectivity index (χ2v) is 7.87. The van der Waals surface area contributed by atoms with Crippen LogP contribution in [0.3, 0.4) is 0 Å². The number of aromatic nitrogens is 1. The molecule has 0 fully saturated rings. The Hall–Kier alpha value is -1.04. The highest BCUT2D eigenvalue weighted by Crippen LogP contribution is 2.30. The van der Waals surface area contributed by atoms with Crippen molar-refractivity contribution in [2.75, 3.05) is 4.72 Å². The normalized spacial score (nSPS) is 11.3. The van der Waals surface area contributed by atoms with Crippen molar-refractivity contribution in [3.05, 3.63) is 43.5 Å². The highest BCUT2D eigenvalue weighted by molar-refractivity contribution is 9.11. The smallest absolute Gasteiger partial charge is 0.257 e. The largest absolute Gasteiger partial charge is 0.345 e. The van der Waals surface area contributed by atoms with Crippen LogP contribution >= 0.6 is 43.2 Å². The fourth-order valence-electron chi connectivity index (χ4n) is 1.26. The van der Waals surface area contributed by atoms with Crippen LogP contribution in [0, 0.1) is 10.1 Å². The van der Waals surface area contributed by atoms with Crippen LogP contribution in [0.15, 0.2) is 38.2 Å². The van der Waals surface area contributed by atoms with Crippen molar-refractivity contribution in [1.29, 1.82) is 0 Å². The average Bonchev–Trinajstić information content (AvgIpc) is 2.76. The molecule has 1 heterocycles. The van der Waals surface area contributed by atoms with Crippen molar-refractivity contribution in [3.63, 3.8) is 0 Å². The van der Waals surface area contributed by atoms with Crippen molar-refractivity contribution >= 4 is 63.4 Å². The van der Waals surface area contributed by atoms with E-state index < -0.39 is 14.9 Å². The average molecular weight is 443 g/mol. The number of hydrogen-bond acceptors (Lipinski definition) is 6. The van der Waals surface area contributed by atoms with Crippen LogP contribution in [0.1, 0.15) is 0 Å². The molecule has 2 rings (SSSR count). The van der Waals surface area contributed by atoms with E-state index in [9.17, 15) is 18.5 Å². The van der Waals surface area contributed by atoms with Crippen LogP contribution in [0.25, 0.3) is 0 Å². The molecule has 1 aromatic carbocycles. The Morgan fingerprint density at radius 2 is 2.05 bits per heavy atom. The number of halogens is 2. The lowest BCUT2D eigenvalue weighted by Crippen LogP contribution is -2.13. The quantitative estimate of drug-likeness (QED) is 0.577. The number of nitrogens with one attached hydrogen (secondary N) is 1.